The average Bonchev–Trinajstić information content (AvgIpc) is 3.18. The number of carboxylic acids is 1. The summed E-state index contributed by atoms with van der Waals surface area (Å²) in [5, 5.41) is 16.6. The van der Waals surface area contributed by atoms with Gasteiger partial charge in [0.05, 0.1) is 5.69 Å². The second-order valence-corrected chi connectivity index (χ2v) is 5.38. The molecular formula is C14H14N4O2. The van der Waals surface area contributed by atoms with Gasteiger partial charge in [-0.25, -0.2) is 14.5 Å². The zero-order chi connectivity index (χ0) is 13.7. The number of aliphatic imine (C=N–C) groups is 1. The molecular weight excluding hydrogens is 256 g/mol. The Balaban J connectivity index is 1.87. The summed E-state index contributed by atoms with van der Waals surface area (Å²) in [6.45, 7) is 0. The number of aromatic nitrogens is 2. The number of hydrogen-bond acceptors (Lipinski definition) is 4. The van der Waals surface area contributed by atoms with Crippen LogP contribution < -0.4 is 5.32 Å². The van der Waals surface area contributed by atoms with E-state index in [0.29, 0.717) is 17.7 Å². The van der Waals surface area contributed by atoms with Crippen molar-refractivity contribution in [2.75, 3.05) is 0 Å². The molecule has 2 atom stereocenters. The van der Waals surface area contributed by atoms with Crippen molar-refractivity contribution in [3.63, 3.8) is 0 Å². The standard InChI is InChI=1S/C14H14N4O2/c19-14(20)12-9-3-2-8-6-10(8)13(9)18(17-12)11-7-15-4-1-5-16-11/h1,4-5,7-8,10,15H,2-3,6H2,(H,19,20)/t8-,10+/m1/s1. The molecule has 0 radical (unpaired) electrons. The molecule has 1 aromatic heterocycles. The SMILES string of the molecule is O=C(O)c1nn(C2=CNC=CC=N2)c2c1CC[C@@H]1C[C@H]21. The minimum Gasteiger partial charge on any atom is -0.476 e. The first kappa shape index (κ1) is 11.5. The Morgan fingerprint density at radius 2 is 2.40 bits per heavy atom. The lowest BCUT2D eigenvalue weighted by Crippen LogP contribution is -2.09. The highest BCUT2D eigenvalue weighted by atomic mass is 16.4. The Kier molecular flexibility index (Phi) is 2.33. The van der Waals surface area contributed by atoms with Crippen LogP contribution in [0, 0.1) is 5.92 Å². The molecule has 102 valence electrons. The van der Waals surface area contributed by atoms with Crippen LogP contribution in [0.15, 0.2) is 23.5 Å². The molecule has 0 saturated heterocycles. The lowest BCUT2D eigenvalue weighted by molar-refractivity contribution is 0.0688. The number of nitrogens with one attached hydrogen (secondary N) is 1. The Labute approximate surface area is 115 Å². The van der Waals surface area contributed by atoms with Gasteiger partial charge in [0.1, 0.15) is 0 Å². The van der Waals surface area contributed by atoms with E-state index in [2.05, 4.69) is 15.4 Å². The summed E-state index contributed by atoms with van der Waals surface area (Å²) in [4.78, 5) is 15.7. The lowest BCUT2D eigenvalue weighted by atomic mass is 9.96. The molecule has 0 aromatic carbocycles. The average molecular weight is 270 g/mol. The van der Waals surface area contributed by atoms with Crippen molar-refractivity contribution >= 4 is 18.0 Å². The highest BCUT2D eigenvalue weighted by Crippen LogP contribution is 2.55. The molecule has 2 N–H and O–H groups in total. The van der Waals surface area contributed by atoms with E-state index in [0.717, 1.165) is 30.5 Å². The molecule has 1 aliphatic heterocycles. The van der Waals surface area contributed by atoms with Crippen molar-refractivity contribution in [3.8, 4) is 0 Å². The molecule has 20 heavy (non-hydrogen) atoms. The molecule has 0 unspecified atom stereocenters. The highest BCUT2D eigenvalue weighted by Gasteiger charge is 2.47. The fourth-order valence-corrected chi connectivity index (χ4v) is 3.16. The normalized spacial score (nSPS) is 26.1. The van der Waals surface area contributed by atoms with Crippen LogP contribution in [0.1, 0.15) is 40.5 Å². The number of nitrogens with zero attached hydrogens (tertiary/aromatic N) is 3. The zero-order valence-corrected chi connectivity index (χ0v) is 10.8. The second kappa shape index (κ2) is 4.06. The predicted octanol–water partition coefficient (Wildman–Crippen LogP) is 1.57. The maximum atomic E-state index is 11.4. The van der Waals surface area contributed by atoms with E-state index < -0.39 is 5.97 Å². The number of carbonyl (C=O) groups is 1. The molecule has 6 nitrogen and oxygen atoms in total. The number of fused-ring (bicyclic) bond motifs is 3. The Morgan fingerprint density at radius 3 is 3.25 bits per heavy atom. The fourth-order valence-electron chi connectivity index (χ4n) is 3.16. The van der Waals surface area contributed by atoms with Gasteiger partial charge in [-0.15, -0.1) is 0 Å². The molecule has 0 amide bonds. The van der Waals surface area contributed by atoms with Crippen molar-refractivity contribution in [3.05, 3.63) is 35.4 Å². The van der Waals surface area contributed by atoms with Gasteiger partial charge >= 0.3 is 5.97 Å². The molecule has 2 aliphatic carbocycles. The van der Waals surface area contributed by atoms with Crippen LogP contribution in [0.2, 0.25) is 0 Å². The van der Waals surface area contributed by atoms with Crippen molar-refractivity contribution < 1.29 is 9.90 Å². The summed E-state index contributed by atoms with van der Waals surface area (Å²) in [6, 6.07) is 0. The fraction of sp³-hybridized carbons (Fsp3) is 0.357. The highest BCUT2D eigenvalue weighted by molar-refractivity contribution is 5.88. The van der Waals surface area contributed by atoms with Crippen molar-refractivity contribution in [2.24, 2.45) is 10.9 Å². The molecule has 0 bridgehead atoms. The van der Waals surface area contributed by atoms with Gasteiger partial charge in [-0.3, -0.25) is 0 Å². The molecule has 1 fully saturated rings. The van der Waals surface area contributed by atoms with Gasteiger partial charge in [0, 0.05) is 30.1 Å². The van der Waals surface area contributed by atoms with E-state index in [1.165, 1.54) is 0 Å². The van der Waals surface area contributed by atoms with Crippen molar-refractivity contribution in [1.29, 1.82) is 0 Å². The van der Waals surface area contributed by atoms with Crippen LogP contribution in [0.4, 0.5) is 0 Å². The summed E-state index contributed by atoms with van der Waals surface area (Å²) >= 11 is 0. The number of carboxylic acid groups (broad SMARTS) is 1. The van der Waals surface area contributed by atoms with Crippen LogP contribution >= 0.6 is 0 Å². The van der Waals surface area contributed by atoms with Crippen molar-refractivity contribution in [1.82, 2.24) is 15.1 Å². The molecule has 1 aromatic rings. The van der Waals surface area contributed by atoms with E-state index in [4.69, 9.17) is 0 Å². The first-order valence-corrected chi connectivity index (χ1v) is 6.76. The van der Waals surface area contributed by atoms with E-state index in [9.17, 15) is 9.90 Å². The topological polar surface area (TPSA) is 79.5 Å². The maximum absolute atomic E-state index is 11.4. The zero-order valence-electron chi connectivity index (χ0n) is 10.8. The van der Waals surface area contributed by atoms with E-state index in [1.54, 1.807) is 29.4 Å². The smallest absolute Gasteiger partial charge is 0.356 e. The molecule has 2 heterocycles. The van der Waals surface area contributed by atoms with Crippen LogP contribution in [0.5, 0.6) is 0 Å². The van der Waals surface area contributed by atoms with E-state index in [1.807, 2.05) is 0 Å². The summed E-state index contributed by atoms with van der Waals surface area (Å²) in [6.07, 6.45) is 9.99. The van der Waals surface area contributed by atoms with Crippen molar-refractivity contribution in [2.45, 2.75) is 25.2 Å². The molecule has 6 heteroatoms. The van der Waals surface area contributed by atoms with Crippen LogP contribution in [-0.4, -0.2) is 27.1 Å². The molecule has 4 rings (SSSR count). The first-order valence-electron chi connectivity index (χ1n) is 6.76. The molecule has 0 spiro atoms. The maximum Gasteiger partial charge on any atom is 0.356 e. The van der Waals surface area contributed by atoms with E-state index >= 15 is 0 Å². The van der Waals surface area contributed by atoms with E-state index in [-0.39, 0.29) is 5.69 Å². The first-order chi connectivity index (χ1) is 9.75. The number of rotatable bonds is 2. The third kappa shape index (κ3) is 1.61. The molecule has 1 saturated carbocycles. The summed E-state index contributed by atoms with van der Waals surface area (Å²) in [5.74, 6) is 0.822. The van der Waals surface area contributed by atoms with Crippen LogP contribution in [-0.2, 0) is 6.42 Å². The monoisotopic (exact) mass is 270 g/mol. The molecule has 3 aliphatic rings. The van der Waals surface area contributed by atoms with Gasteiger partial charge in [-0.1, -0.05) is 0 Å². The van der Waals surface area contributed by atoms with Gasteiger partial charge in [0.15, 0.2) is 11.5 Å². The van der Waals surface area contributed by atoms with Gasteiger partial charge < -0.3 is 10.4 Å². The van der Waals surface area contributed by atoms with Gasteiger partial charge in [0.25, 0.3) is 0 Å². The number of hydrogen-bond donors (Lipinski definition) is 2. The summed E-state index contributed by atoms with van der Waals surface area (Å²) < 4.78 is 1.71. The minimum atomic E-state index is -0.955. The number of allylic oxidation sites excluding steroid dienone is 1. The lowest BCUT2D eigenvalue weighted by Gasteiger charge is -2.13. The number of aromatic carboxylic acids is 1. The summed E-state index contributed by atoms with van der Waals surface area (Å²) in [5.41, 5.74) is 2.12. The van der Waals surface area contributed by atoms with Gasteiger partial charge in [0.2, 0.25) is 0 Å². The third-order valence-corrected chi connectivity index (χ3v) is 4.18. The Hall–Kier alpha value is -2.37. The quantitative estimate of drug-likeness (QED) is 0.855. The van der Waals surface area contributed by atoms with Gasteiger partial charge in [-0.05, 0) is 31.3 Å². The van der Waals surface area contributed by atoms with Crippen LogP contribution in [0.25, 0.3) is 5.82 Å². The minimum absolute atomic E-state index is 0.179. The van der Waals surface area contributed by atoms with Crippen LogP contribution in [0.3, 0.4) is 0 Å². The predicted molar refractivity (Wildman–Crippen MR) is 73.4 cm³/mol. The second-order valence-electron chi connectivity index (χ2n) is 5.38. The van der Waals surface area contributed by atoms with Gasteiger partial charge in [-0.2, -0.15) is 5.10 Å². The largest absolute Gasteiger partial charge is 0.476 e. The summed E-state index contributed by atoms with van der Waals surface area (Å²) in [7, 11) is 0. The Morgan fingerprint density at radius 1 is 1.50 bits per heavy atom. The third-order valence-electron chi connectivity index (χ3n) is 4.18. The Bertz CT molecular complexity index is 684.